The Balaban J connectivity index is 1.65. The number of oxazole rings is 1. The van der Waals surface area contributed by atoms with E-state index >= 15 is 0 Å². The van der Waals surface area contributed by atoms with Gasteiger partial charge in [-0.1, -0.05) is 6.07 Å². The molecule has 2 N–H and O–H groups in total. The summed E-state index contributed by atoms with van der Waals surface area (Å²) in [7, 11) is 0. The highest BCUT2D eigenvalue weighted by Gasteiger charge is 2.16. The second-order valence-electron chi connectivity index (χ2n) is 4.90. The van der Waals surface area contributed by atoms with E-state index in [9.17, 15) is 13.6 Å². The van der Waals surface area contributed by atoms with Crippen molar-refractivity contribution in [3.63, 3.8) is 0 Å². The molecule has 6 nitrogen and oxygen atoms in total. The van der Waals surface area contributed by atoms with Crippen LogP contribution in [0.3, 0.4) is 0 Å². The fourth-order valence-electron chi connectivity index (χ4n) is 2.18. The van der Waals surface area contributed by atoms with E-state index in [4.69, 9.17) is 13.9 Å². The minimum atomic E-state index is -1.18. The summed E-state index contributed by atoms with van der Waals surface area (Å²) in [5, 5.41) is 11.8. The highest BCUT2D eigenvalue weighted by molar-refractivity contribution is 5.86. The van der Waals surface area contributed by atoms with Crippen molar-refractivity contribution in [3.05, 3.63) is 65.6 Å². The lowest BCUT2D eigenvalue weighted by Gasteiger charge is -2.02. The van der Waals surface area contributed by atoms with Crippen LogP contribution in [0.5, 0.6) is 0 Å². The number of carboxylic acids is 1. The normalized spacial score (nSPS) is 10.9. The summed E-state index contributed by atoms with van der Waals surface area (Å²) in [5.74, 6) is -2.23. The van der Waals surface area contributed by atoms with Crippen molar-refractivity contribution < 1.29 is 27.5 Å². The molecular weight excluding hydrogens is 322 g/mol. The van der Waals surface area contributed by atoms with Crippen LogP contribution in [-0.2, 0) is 13.1 Å². The molecule has 2 heterocycles. The molecule has 0 radical (unpaired) electrons. The second-order valence-corrected chi connectivity index (χ2v) is 4.90. The third-order valence-corrected chi connectivity index (χ3v) is 3.31. The summed E-state index contributed by atoms with van der Waals surface area (Å²) in [5.41, 5.74) is -0.130. The number of nitrogens with one attached hydrogen (secondary N) is 1. The fraction of sp³-hybridized carbons (Fsp3) is 0.125. The highest BCUT2D eigenvalue weighted by atomic mass is 19.2. The van der Waals surface area contributed by atoms with Crippen LogP contribution < -0.4 is 5.32 Å². The molecule has 0 spiro atoms. The van der Waals surface area contributed by atoms with Crippen LogP contribution in [0.1, 0.15) is 22.0 Å². The standard InChI is InChI=1S/C16H12F2N2O4/c17-11-3-1-2-10(14(11)18)12-5-4-9(24-12)6-19-7-13-15(16(21)22)20-8-23-13/h1-5,8,19H,6-7H2,(H,21,22). The first kappa shape index (κ1) is 15.9. The van der Waals surface area contributed by atoms with Gasteiger partial charge < -0.3 is 19.3 Å². The van der Waals surface area contributed by atoms with Crippen LogP contribution >= 0.6 is 0 Å². The van der Waals surface area contributed by atoms with E-state index in [0.29, 0.717) is 5.76 Å². The molecule has 3 aromatic rings. The average Bonchev–Trinajstić information content (AvgIpc) is 3.19. The summed E-state index contributed by atoms with van der Waals surface area (Å²) >= 11 is 0. The molecule has 0 atom stereocenters. The van der Waals surface area contributed by atoms with Gasteiger partial charge in [0.2, 0.25) is 0 Å². The lowest BCUT2D eigenvalue weighted by Crippen LogP contribution is -2.14. The maximum absolute atomic E-state index is 13.7. The number of rotatable bonds is 6. The van der Waals surface area contributed by atoms with Gasteiger partial charge >= 0.3 is 5.97 Å². The number of furan rings is 1. The van der Waals surface area contributed by atoms with Crippen molar-refractivity contribution in [2.75, 3.05) is 0 Å². The Hall–Kier alpha value is -3.00. The van der Waals surface area contributed by atoms with Gasteiger partial charge in [0.1, 0.15) is 11.5 Å². The van der Waals surface area contributed by atoms with Gasteiger partial charge in [-0.15, -0.1) is 0 Å². The predicted molar refractivity (Wildman–Crippen MR) is 78.1 cm³/mol. The van der Waals surface area contributed by atoms with Crippen LogP contribution in [-0.4, -0.2) is 16.1 Å². The van der Waals surface area contributed by atoms with Crippen molar-refractivity contribution in [1.82, 2.24) is 10.3 Å². The number of carboxylic acid groups (broad SMARTS) is 1. The number of hydrogen-bond donors (Lipinski definition) is 2. The summed E-state index contributed by atoms with van der Waals surface area (Å²) in [6, 6.07) is 6.99. The quantitative estimate of drug-likeness (QED) is 0.720. The van der Waals surface area contributed by atoms with E-state index in [1.165, 1.54) is 18.2 Å². The summed E-state index contributed by atoms with van der Waals surface area (Å²) in [6.07, 6.45) is 1.05. The Morgan fingerprint density at radius 3 is 2.83 bits per heavy atom. The minimum absolute atomic E-state index is 0.0321. The van der Waals surface area contributed by atoms with Crippen LogP contribution in [0.4, 0.5) is 8.78 Å². The van der Waals surface area contributed by atoms with E-state index in [1.54, 1.807) is 6.07 Å². The maximum Gasteiger partial charge on any atom is 0.358 e. The predicted octanol–water partition coefficient (Wildman–Crippen LogP) is 3.20. The molecule has 24 heavy (non-hydrogen) atoms. The summed E-state index contributed by atoms with van der Waals surface area (Å²) in [6.45, 7) is 0.378. The molecule has 2 aromatic heterocycles. The number of carbonyl (C=O) groups is 1. The monoisotopic (exact) mass is 334 g/mol. The molecule has 0 bridgehead atoms. The van der Waals surface area contributed by atoms with Crippen LogP contribution in [0.25, 0.3) is 11.3 Å². The Kier molecular flexibility index (Phi) is 4.39. The molecular formula is C16H12F2N2O4. The number of nitrogens with zero attached hydrogens (tertiary/aromatic N) is 1. The third kappa shape index (κ3) is 3.18. The van der Waals surface area contributed by atoms with Gasteiger partial charge in [-0.3, -0.25) is 0 Å². The first-order chi connectivity index (χ1) is 11.6. The van der Waals surface area contributed by atoms with E-state index in [2.05, 4.69) is 10.3 Å². The smallest absolute Gasteiger partial charge is 0.358 e. The molecule has 0 aliphatic heterocycles. The van der Waals surface area contributed by atoms with Crippen molar-refractivity contribution in [3.8, 4) is 11.3 Å². The van der Waals surface area contributed by atoms with Crippen molar-refractivity contribution in [2.24, 2.45) is 0 Å². The third-order valence-electron chi connectivity index (χ3n) is 3.31. The summed E-state index contributed by atoms with van der Waals surface area (Å²) < 4.78 is 37.4. The Labute approximate surface area is 134 Å². The maximum atomic E-state index is 13.7. The lowest BCUT2D eigenvalue weighted by molar-refractivity contribution is 0.0688. The van der Waals surface area contributed by atoms with E-state index < -0.39 is 17.6 Å². The molecule has 0 saturated carbocycles. The summed E-state index contributed by atoms with van der Waals surface area (Å²) in [4.78, 5) is 14.5. The van der Waals surface area contributed by atoms with E-state index in [0.717, 1.165) is 12.5 Å². The zero-order valence-electron chi connectivity index (χ0n) is 12.3. The zero-order valence-corrected chi connectivity index (χ0v) is 12.3. The molecule has 1 aromatic carbocycles. The van der Waals surface area contributed by atoms with Crippen molar-refractivity contribution >= 4 is 5.97 Å². The van der Waals surface area contributed by atoms with E-state index in [1.807, 2.05) is 0 Å². The molecule has 124 valence electrons. The van der Waals surface area contributed by atoms with Gasteiger partial charge in [0.15, 0.2) is 29.5 Å². The first-order valence-electron chi connectivity index (χ1n) is 6.95. The number of aromatic carboxylic acids is 1. The fourth-order valence-corrected chi connectivity index (χ4v) is 2.18. The largest absolute Gasteiger partial charge is 0.476 e. The molecule has 0 aliphatic carbocycles. The molecule has 0 amide bonds. The Morgan fingerprint density at radius 1 is 1.21 bits per heavy atom. The molecule has 3 rings (SSSR count). The second kappa shape index (κ2) is 6.63. The molecule has 0 saturated heterocycles. The van der Waals surface area contributed by atoms with Gasteiger partial charge in [0.05, 0.1) is 18.7 Å². The van der Waals surface area contributed by atoms with Crippen LogP contribution in [0.15, 0.2) is 45.6 Å². The highest BCUT2D eigenvalue weighted by Crippen LogP contribution is 2.26. The molecule has 0 unspecified atom stereocenters. The molecule has 8 heteroatoms. The van der Waals surface area contributed by atoms with Gasteiger partial charge in [0.25, 0.3) is 0 Å². The van der Waals surface area contributed by atoms with Crippen LogP contribution in [0, 0.1) is 11.6 Å². The minimum Gasteiger partial charge on any atom is -0.476 e. The lowest BCUT2D eigenvalue weighted by atomic mass is 10.1. The Morgan fingerprint density at radius 2 is 2.04 bits per heavy atom. The topological polar surface area (TPSA) is 88.5 Å². The van der Waals surface area contributed by atoms with Gasteiger partial charge in [0, 0.05) is 0 Å². The molecule has 0 fully saturated rings. The number of hydrogen-bond acceptors (Lipinski definition) is 5. The SMILES string of the molecule is O=C(O)c1ncoc1CNCc1ccc(-c2cccc(F)c2F)o1. The van der Waals surface area contributed by atoms with Gasteiger partial charge in [-0.25, -0.2) is 18.6 Å². The number of aromatic nitrogens is 1. The average molecular weight is 334 g/mol. The van der Waals surface area contributed by atoms with Crippen molar-refractivity contribution in [1.29, 1.82) is 0 Å². The van der Waals surface area contributed by atoms with Crippen LogP contribution in [0.2, 0.25) is 0 Å². The van der Waals surface area contributed by atoms with Gasteiger partial charge in [-0.2, -0.15) is 0 Å². The molecule has 0 aliphatic rings. The van der Waals surface area contributed by atoms with Gasteiger partial charge in [-0.05, 0) is 24.3 Å². The van der Waals surface area contributed by atoms with E-state index in [-0.39, 0.29) is 35.9 Å². The van der Waals surface area contributed by atoms with Crippen molar-refractivity contribution in [2.45, 2.75) is 13.1 Å². The number of halogens is 2. The first-order valence-corrected chi connectivity index (χ1v) is 6.95. The number of benzene rings is 1. The Bertz CT molecular complexity index is 873. The zero-order chi connectivity index (χ0) is 17.1.